The molecule has 0 aromatic heterocycles. The van der Waals surface area contributed by atoms with Gasteiger partial charge in [-0.15, -0.1) is 0 Å². The maximum Gasteiger partial charge on any atom is 0.308 e. The Morgan fingerprint density at radius 2 is 1.65 bits per heavy atom. The summed E-state index contributed by atoms with van der Waals surface area (Å²) in [6.45, 7) is 3.31. The summed E-state index contributed by atoms with van der Waals surface area (Å²) < 4.78 is 5.05. The zero-order chi connectivity index (χ0) is 14.5. The monoisotopic (exact) mass is 286 g/mol. The molecule has 0 aliphatic carbocycles. The van der Waals surface area contributed by atoms with Crippen LogP contribution >= 0.6 is 11.8 Å². The van der Waals surface area contributed by atoms with Gasteiger partial charge >= 0.3 is 5.97 Å². The first kappa shape index (κ1) is 14.3. The fraction of sp³-hybridized carbons (Fsp3) is 0.125. The highest BCUT2D eigenvalue weighted by molar-refractivity contribution is 8.14. The highest BCUT2D eigenvalue weighted by Gasteiger charge is 2.14. The van der Waals surface area contributed by atoms with Crippen molar-refractivity contribution in [1.82, 2.24) is 0 Å². The molecule has 3 nitrogen and oxygen atoms in total. The third-order valence-electron chi connectivity index (χ3n) is 2.59. The van der Waals surface area contributed by atoms with Crippen molar-refractivity contribution in [3.05, 3.63) is 59.7 Å². The Labute approximate surface area is 122 Å². The number of thioether (sulfide) groups is 1. The summed E-state index contributed by atoms with van der Waals surface area (Å²) in [4.78, 5) is 24.2. The summed E-state index contributed by atoms with van der Waals surface area (Å²) in [6, 6.07) is 14.4. The first-order valence-electron chi connectivity index (χ1n) is 6.12. The Bertz CT molecular complexity index is 632. The van der Waals surface area contributed by atoms with E-state index >= 15 is 0 Å². The summed E-state index contributed by atoms with van der Waals surface area (Å²) in [5.41, 5.74) is 1.54. The number of benzene rings is 2. The quantitative estimate of drug-likeness (QED) is 0.488. The first-order valence-corrected chi connectivity index (χ1v) is 6.94. The molecule has 0 aliphatic heterocycles. The zero-order valence-electron chi connectivity index (χ0n) is 11.3. The first-order chi connectivity index (χ1) is 9.56. The molecule has 0 aliphatic rings. The lowest BCUT2D eigenvalue weighted by Crippen LogP contribution is -2.05. The second kappa shape index (κ2) is 6.39. The molecule has 0 unspecified atom stereocenters. The van der Waals surface area contributed by atoms with Crippen LogP contribution < -0.4 is 4.74 Å². The molecule has 4 heteroatoms. The van der Waals surface area contributed by atoms with E-state index in [2.05, 4.69) is 0 Å². The number of para-hydroxylation sites is 1. The van der Waals surface area contributed by atoms with Crippen LogP contribution in [0.1, 0.15) is 22.8 Å². The van der Waals surface area contributed by atoms with Gasteiger partial charge in [-0.25, -0.2) is 0 Å². The topological polar surface area (TPSA) is 43.4 Å². The highest BCUT2D eigenvalue weighted by Crippen LogP contribution is 2.28. The van der Waals surface area contributed by atoms with Crippen LogP contribution in [0.3, 0.4) is 0 Å². The molecule has 2 aromatic carbocycles. The average molecular weight is 286 g/mol. The fourth-order valence-electron chi connectivity index (χ4n) is 1.65. The number of carbonyl (C=O) groups is 2. The molecule has 0 fully saturated rings. The van der Waals surface area contributed by atoms with Crippen molar-refractivity contribution < 1.29 is 14.3 Å². The standard InChI is InChI=1S/C16H14O3S/c1-11-7-9-13(10-8-11)20-16(18)14-5-3-4-6-15(14)19-12(2)17/h3-10H,1-2H3. The minimum absolute atomic E-state index is 0.147. The maximum atomic E-state index is 12.3. The maximum absolute atomic E-state index is 12.3. The lowest BCUT2D eigenvalue weighted by molar-refractivity contribution is -0.131. The van der Waals surface area contributed by atoms with E-state index < -0.39 is 5.97 Å². The van der Waals surface area contributed by atoms with Gasteiger partial charge in [0.1, 0.15) is 5.75 Å². The summed E-state index contributed by atoms with van der Waals surface area (Å²) >= 11 is 1.12. The van der Waals surface area contributed by atoms with Gasteiger partial charge in [0, 0.05) is 11.8 Å². The van der Waals surface area contributed by atoms with Crippen molar-refractivity contribution in [2.24, 2.45) is 0 Å². The summed E-state index contributed by atoms with van der Waals surface area (Å²) in [5, 5.41) is -0.147. The third kappa shape index (κ3) is 3.71. The van der Waals surface area contributed by atoms with Crippen molar-refractivity contribution >= 4 is 22.8 Å². The van der Waals surface area contributed by atoms with Gasteiger partial charge in [0.05, 0.1) is 5.56 Å². The lowest BCUT2D eigenvalue weighted by atomic mass is 10.2. The van der Waals surface area contributed by atoms with Crippen LogP contribution in [0.2, 0.25) is 0 Å². The number of ether oxygens (including phenoxy) is 1. The Morgan fingerprint density at radius 1 is 1.00 bits per heavy atom. The molecule has 0 heterocycles. The number of hydrogen-bond donors (Lipinski definition) is 0. The van der Waals surface area contributed by atoms with Crippen molar-refractivity contribution in [3.63, 3.8) is 0 Å². The van der Waals surface area contributed by atoms with E-state index in [9.17, 15) is 9.59 Å². The van der Waals surface area contributed by atoms with Gasteiger partial charge in [-0.3, -0.25) is 9.59 Å². The number of aryl methyl sites for hydroxylation is 1. The third-order valence-corrected chi connectivity index (χ3v) is 3.51. The van der Waals surface area contributed by atoms with Crippen LogP contribution in [-0.4, -0.2) is 11.1 Å². The van der Waals surface area contributed by atoms with E-state index in [4.69, 9.17) is 4.74 Å². The second-order valence-corrected chi connectivity index (χ2v) is 5.34. The molecule has 0 amide bonds. The smallest absolute Gasteiger partial charge is 0.308 e. The minimum atomic E-state index is -0.439. The average Bonchev–Trinajstić information content (AvgIpc) is 2.41. The Hall–Kier alpha value is -2.07. The van der Waals surface area contributed by atoms with Crippen LogP contribution in [0.15, 0.2) is 53.4 Å². The molecular formula is C16H14O3S. The summed E-state index contributed by atoms with van der Waals surface area (Å²) in [5.74, 6) is -0.143. The zero-order valence-corrected chi connectivity index (χ0v) is 12.1. The Balaban J connectivity index is 2.20. The van der Waals surface area contributed by atoms with E-state index in [1.54, 1.807) is 24.3 Å². The molecule has 0 N–H and O–H groups in total. The molecule has 2 rings (SSSR count). The van der Waals surface area contributed by atoms with E-state index in [0.29, 0.717) is 11.3 Å². The number of carbonyl (C=O) groups excluding carboxylic acids is 2. The fourth-order valence-corrected chi connectivity index (χ4v) is 2.41. The summed E-state index contributed by atoms with van der Waals surface area (Å²) in [6.07, 6.45) is 0. The largest absolute Gasteiger partial charge is 0.426 e. The van der Waals surface area contributed by atoms with E-state index in [0.717, 1.165) is 22.2 Å². The molecule has 0 saturated heterocycles. The minimum Gasteiger partial charge on any atom is -0.426 e. The predicted octanol–water partition coefficient (Wildman–Crippen LogP) is 3.85. The number of hydrogen-bond acceptors (Lipinski definition) is 4. The van der Waals surface area contributed by atoms with E-state index in [-0.39, 0.29) is 5.12 Å². The van der Waals surface area contributed by atoms with E-state index in [1.807, 2.05) is 31.2 Å². The van der Waals surface area contributed by atoms with Crippen molar-refractivity contribution in [2.75, 3.05) is 0 Å². The predicted molar refractivity (Wildman–Crippen MR) is 79.1 cm³/mol. The number of esters is 1. The van der Waals surface area contributed by atoms with Crippen LogP contribution in [0.5, 0.6) is 5.75 Å². The SMILES string of the molecule is CC(=O)Oc1ccccc1C(=O)Sc1ccc(C)cc1. The van der Waals surface area contributed by atoms with Gasteiger partial charge in [0.2, 0.25) is 5.12 Å². The van der Waals surface area contributed by atoms with Crippen LogP contribution in [-0.2, 0) is 4.79 Å². The van der Waals surface area contributed by atoms with Crippen LogP contribution in [0, 0.1) is 6.92 Å². The Kier molecular flexibility index (Phi) is 4.58. The molecule has 2 aromatic rings. The van der Waals surface area contributed by atoms with Gasteiger partial charge in [-0.1, -0.05) is 29.8 Å². The van der Waals surface area contributed by atoms with Crippen molar-refractivity contribution in [2.45, 2.75) is 18.7 Å². The van der Waals surface area contributed by atoms with Crippen molar-refractivity contribution in [1.29, 1.82) is 0 Å². The molecule has 0 saturated carbocycles. The lowest BCUT2D eigenvalue weighted by Gasteiger charge is -2.07. The van der Waals surface area contributed by atoms with Crippen molar-refractivity contribution in [3.8, 4) is 5.75 Å². The van der Waals surface area contributed by atoms with E-state index in [1.165, 1.54) is 6.92 Å². The van der Waals surface area contributed by atoms with Gasteiger partial charge in [-0.2, -0.15) is 0 Å². The highest BCUT2D eigenvalue weighted by atomic mass is 32.2. The molecule has 0 radical (unpaired) electrons. The summed E-state index contributed by atoms with van der Waals surface area (Å²) in [7, 11) is 0. The molecular weight excluding hydrogens is 272 g/mol. The second-order valence-electron chi connectivity index (χ2n) is 4.29. The Morgan fingerprint density at radius 3 is 2.30 bits per heavy atom. The molecule has 0 spiro atoms. The molecule has 0 bridgehead atoms. The molecule has 102 valence electrons. The van der Waals surface area contributed by atoms with Crippen LogP contribution in [0.25, 0.3) is 0 Å². The normalized spacial score (nSPS) is 10.1. The number of rotatable bonds is 3. The van der Waals surface area contributed by atoms with Gasteiger partial charge in [0.15, 0.2) is 0 Å². The molecule has 20 heavy (non-hydrogen) atoms. The molecule has 0 atom stereocenters. The van der Waals surface area contributed by atoms with Gasteiger partial charge < -0.3 is 4.74 Å². The van der Waals surface area contributed by atoms with Gasteiger partial charge in [0.25, 0.3) is 0 Å². The van der Waals surface area contributed by atoms with Crippen LogP contribution in [0.4, 0.5) is 0 Å². The van der Waals surface area contributed by atoms with Gasteiger partial charge in [-0.05, 0) is 43.0 Å².